The van der Waals surface area contributed by atoms with Crippen LogP contribution in [0.4, 0.5) is 4.39 Å². The van der Waals surface area contributed by atoms with Crippen molar-refractivity contribution in [1.29, 1.82) is 0 Å². The lowest BCUT2D eigenvalue weighted by Gasteiger charge is -2.14. The maximum Gasteiger partial charge on any atom is 0.144 e. The van der Waals surface area contributed by atoms with Gasteiger partial charge in [-0.25, -0.2) is 4.39 Å². The van der Waals surface area contributed by atoms with Gasteiger partial charge < -0.3 is 5.73 Å². The summed E-state index contributed by atoms with van der Waals surface area (Å²) in [4.78, 5) is 0. The fraction of sp³-hybridized carbons (Fsp3) is 0.500. The van der Waals surface area contributed by atoms with Crippen molar-refractivity contribution in [2.45, 2.75) is 38.6 Å². The molecule has 1 rings (SSSR count). The summed E-state index contributed by atoms with van der Waals surface area (Å²) < 4.78 is 13.2. The molecular formula is C12H17ClFN. The number of rotatable bonds is 4. The van der Waals surface area contributed by atoms with E-state index in [0.29, 0.717) is 12.0 Å². The van der Waals surface area contributed by atoms with Gasteiger partial charge >= 0.3 is 0 Å². The normalized spacial score (nSPS) is 19.2. The van der Waals surface area contributed by atoms with E-state index < -0.39 is 0 Å². The zero-order valence-electron chi connectivity index (χ0n) is 9.02. The third-order valence-electron chi connectivity index (χ3n) is 2.44. The lowest BCUT2D eigenvalue weighted by atomic mass is 9.96. The Morgan fingerprint density at radius 1 is 1.67 bits per heavy atom. The number of hydrogen-bond acceptors (Lipinski definition) is 1. The van der Waals surface area contributed by atoms with Gasteiger partial charge in [0.2, 0.25) is 0 Å². The van der Waals surface area contributed by atoms with E-state index in [1.165, 1.54) is 0 Å². The molecule has 3 heteroatoms. The third-order valence-corrected chi connectivity index (χ3v) is 2.74. The second-order valence-corrected chi connectivity index (χ2v) is 4.55. The van der Waals surface area contributed by atoms with Crippen LogP contribution in [-0.4, -0.2) is 6.04 Å². The summed E-state index contributed by atoms with van der Waals surface area (Å²) in [5, 5.41) is 0.276. The van der Waals surface area contributed by atoms with Crippen LogP contribution < -0.4 is 5.73 Å². The minimum absolute atomic E-state index is 0.222. The van der Waals surface area contributed by atoms with Crippen LogP contribution in [0.1, 0.15) is 32.6 Å². The van der Waals surface area contributed by atoms with Gasteiger partial charge in [0.25, 0.3) is 0 Å². The highest BCUT2D eigenvalue weighted by Crippen LogP contribution is 2.33. The van der Waals surface area contributed by atoms with Crippen molar-refractivity contribution in [1.82, 2.24) is 0 Å². The molecule has 0 spiro atoms. The second-order valence-electron chi connectivity index (χ2n) is 4.09. The summed E-state index contributed by atoms with van der Waals surface area (Å²) in [5.41, 5.74) is 7.19. The van der Waals surface area contributed by atoms with Crippen LogP contribution in [0.2, 0.25) is 0 Å². The molecule has 15 heavy (non-hydrogen) atoms. The monoisotopic (exact) mass is 229 g/mol. The molecule has 0 aromatic rings. The Hall–Kier alpha value is -0.600. The molecule has 1 atom stereocenters. The summed E-state index contributed by atoms with van der Waals surface area (Å²) in [6.07, 6.45) is 5.23. The molecule has 0 aromatic carbocycles. The molecule has 0 amide bonds. The number of allylic oxidation sites excluding steroid dienone is 5. The molecule has 0 aliphatic heterocycles. The molecule has 84 valence electrons. The van der Waals surface area contributed by atoms with Gasteiger partial charge in [-0.05, 0) is 26.2 Å². The summed E-state index contributed by atoms with van der Waals surface area (Å²) >= 11 is 5.78. The Morgan fingerprint density at radius 2 is 2.33 bits per heavy atom. The topological polar surface area (TPSA) is 26.0 Å². The number of nitrogens with two attached hydrogens (primary N) is 1. The van der Waals surface area contributed by atoms with E-state index in [9.17, 15) is 4.39 Å². The Kier molecular flexibility index (Phi) is 4.55. The highest BCUT2D eigenvalue weighted by Gasteiger charge is 2.15. The lowest BCUT2D eigenvalue weighted by molar-refractivity contribution is 0.611. The van der Waals surface area contributed by atoms with Gasteiger partial charge in [0.05, 0.1) is 5.03 Å². The second kappa shape index (κ2) is 5.47. The first-order valence-corrected chi connectivity index (χ1v) is 5.57. The van der Waals surface area contributed by atoms with E-state index in [2.05, 4.69) is 6.58 Å². The molecule has 0 saturated carbocycles. The molecule has 1 aliphatic carbocycles. The van der Waals surface area contributed by atoms with E-state index in [0.717, 1.165) is 24.8 Å². The van der Waals surface area contributed by atoms with Gasteiger partial charge in [-0.15, -0.1) is 0 Å². The van der Waals surface area contributed by atoms with Gasteiger partial charge in [0.15, 0.2) is 0 Å². The fourth-order valence-electron chi connectivity index (χ4n) is 1.62. The molecule has 0 unspecified atom stereocenters. The Balaban J connectivity index is 2.46. The molecule has 1 aliphatic rings. The predicted octanol–water partition coefficient (Wildman–Crippen LogP) is 3.81. The van der Waals surface area contributed by atoms with Gasteiger partial charge in [-0.1, -0.05) is 29.8 Å². The minimum Gasteiger partial charge on any atom is -0.328 e. The van der Waals surface area contributed by atoms with E-state index in [1.54, 1.807) is 6.08 Å². The largest absolute Gasteiger partial charge is 0.328 e. The van der Waals surface area contributed by atoms with E-state index in [1.807, 2.05) is 6.92 Å². The summed E-state index contributed by atoms with van der Waals surface area (Å²) in [6.45, 7) is 5.61. The quantitative estimate of drug-likeness (QED) is 0.780. The molecule has 0 saturated heterocycles. The molecule has 0 heterocycles. The highest BCUT2D eigenvalue weighted by molar-refractivity contribution is 6.30. The van der Waals surface area contributed by atoms with E-state index >= 15 is 0 Å². The van der Waals surface area contributed by atoms with Gasteiger partial charge in [0.1, 0.15) is 5.83 Å². The first kappa shape index (κ1) is 12.5. The molecule has 0 bridgehead atoms. The van der Waals surface area contributed by atoms with Crippen molar-refractivity contribution in [3.63, 3.8) is 0 Å². The van der Waals surface area contributed by atoms with Crippen LogP contribution in [0.25, 0.3) is 0 Å². The van der Waals surface area contributed by atoms with Crippen LogP contribution in [-0.2, 0) is 0 Å². The summed E-state index contributed by atoms with van der Waals surface area (Å²) in [6, 6.07) is 0.222. The smallest absolute Gasteiger partial charge is 0.144 e. The van der Waals surface area contributed by atoms with Crippen LogP contribution in [0, 0.1) is 0 Å². The van der Waals surface area contributed by atoms with E-state index in [4.69, 9.17) is 17.3 Å². The maximum atomic E-state index is 13.2. The lowest BCUT2D eigenvalue weighted by Crippen LogP contribution is -2.14. The van der Waals surface area contributed by atoms with Crippen molar-refractivity contribution in [2.75, 3.05) is 0 Å². The van der Waals surface area contributed by atoms with Crippen LogP contribution in [0.5, 0.6) is 0 Å². The van der Waals surface area contributed by atoms with Crippen molar-refractivity contribution >= 4 is 11.6 Å². The van der Waals surface area contributed by atoms with Gasteiger partial charge in [0, 0.05) is 18.0 Å². The van der Waals surface area contributed by atoms with Crippen LogP contribution >= 0.6 is 11.6 Å². The molecule has 0 fully saturated rings. The standard InChI is InChI=1S/C12H17ClFN/c1-8-6-10(5-3-4-9(2)15)7-11(13)12(8)14/h6,9H,1,3-5,7,15H2,2H3/t9-/m0/s1. The van der Waals surface area contributed by atoms with Crippen LogP contribution in [0.3, 0.4) is 0 Å². The van der Waals surface area contributed by atoms with Gasteiger partial charge in [-0.2, -0.15) is 0 Å². The van der Waals surface area contributed by atoms with Crippen molar-refractivity contribution in [3.8, 4) is 0 Å². The SMILES string of the molecule is C=C1C=C(CCC[C@H](C)N)CC(Cl)=C1F. The average molecular weight is 230 g/mol. The van der Waals surface area contributed by atoms with Crippen molar-refractivity contribution in [2.24, 2.45) is 5.73 Å². The molecule has 2 N–H and O–H groups in total. The zero-order chi connectivity index (χ0) is 11.4. The highest BCUT2D eigenvalue weighted by atomic mass is 35.5. The Bertz CT molecular complexity index is 316. The number of halogens is 2. The van der Waals surface area contributed by atoms with Crippen molar-refractivity contribution < 1.29 is 4.39 Å². The first-order valence-electron chi connectivity index (χ1n) is 5.19. The molecule has 0 aromatic heterocycles. The minimum atomic E-state index is -0.368. The Labute approximate surface area is 95.5 Å². The average Bonchev–Trinajstić information content (AvgIpc) is 2.13. The maximum absolute atomic E-state index is 13.2. The Morgan fingerprint density at radius 3 is 2.87 bits per heavy atom. The van der Waals surface area contributed by atoms with Crippen molar-refractivity contribution in [3.05, 3.63) is 34.7 Å². The zero-order valence-corrected chi connectivity index (χ0v) is 9.78. The molecule has 0 radical (unpaired) electrons. The molecule has 1 nitrogen and oxygen atoms in total. The van der Waals surface area contributed by atoms with Gasteiger partial charge in [-0.3, -0.25) is 0 Å². The van der Waals surface area contributed by atoms with Crippen LogP contribution in [0.15, 0.2) is 34.7 Å². The predicted molar refractivity (Wildman–Crippen MR) is 63.3 cm³/mol. The first-order chi connectivity index (χ1) is 7.00. The van der Waals surface area contributed by atoms with E-state index in [-0.39, 0.29) is 16.9 Å². The fourth-order valence-corrected chi connectivity index (χ4v) is 1.92. The molecular weight excluding hydrogens is 213 g/mol. The summed E-state index contributed by atoms with van der Waals surface area (Å²) in [5.74, 6) is -0.368. The summed E-state index contributed by atoms with van der Waals surface area (Å²) in [7, 11) is 0. The number of hydrogen-bond donors (Lipinski definition) is 1. The third kappa shape index (κ3) is 3.80.